The minimum absolute atomic E-state index is 0.0801. The molecule has 1 aromatic carbocycles. The van der Waals surface area contributed by atoms with Gasteiger partial charge in [0.1, 0.15) is 19.3 Å². The highest BCUT2D eigenvalue weighted by molar-refractivity contribution is 6.05. The maximum Gasteiger partial charge on any atom is 0.249 e. The summed E-state index contributed by atoms with van der Waals surface area (Å²) in [4.78, 5) is 24.9. The number of rotatable bonds is 1. The smallest absolute Gasteiger partial charge is 0.249 e. The van der Waals surface area contributed by atoms with Crippen molar-refractivity contribution in [1.82, 2.24) is 5.32 Å². The summed E-state index contributed by atoms with van der Waals surface area (Å²) in [7, 11) is 0. The van der Waals surface area contributed by atoms with E-state index in [2.05, 4.69) is 5.32 Å². The van der Waals surface area contributed by atoms with Gasteiger partial charge in [-0.2, -0.15) is 0 Å². The van der Waals surface area contributed by atoms with Crippen molar-refractivity contribution in [3.8, 4) is 11.5 Å². The topological polar surface area (TPSA) is 93.9 Å². The standard InChI is InChI=1S/C13H15N3O4/c1-7-13(18)15-12(17)6-16(7)9-5-11-10(4-8(9)14)19-2-3-20-11/h4-5,7H,2-3,6,14H2,1H3,(H,15,17,18). The van der Waals surface area contributed by atoms with Crippen molar-refractivity contribution in [3.63, 3.8) is 0 Å². The first kappa shape index (κ1) is 12.6. The number of benzene rings is 1. The predicted molar refractivity (Wildman–Crippen MR) is 71.8 cm³/mol. The molecule has 3 rings (SSSR count). The molecule has 2 heterocycles. The molecule has 20 heavy (non-hydrogen) atoms. The van der Waals surface area contributed by atoms with Crippen molar-refractivity contribution < 1.29 is 19.1 Å². The van der Waals surface area contributed by atoms with Gasteiger partial charge in [-0.25, -0.2) is 0 Å². The molecule has 1 saturated heterocycles. The number of ether oxygens (including phenoxy) is 2. The van der Waals surface area contributed by atoms with E-state index < -0.39 is 6.04 Å². The quantitative estimate of drug-likeness (QED) is 0.549. The van der Waals surface area contributed by atoms with Crippen molar-refractivity contribution in [2.75, 3.05) is 30.4 Å². The van der Waals surface area contributed by atoms with Crippen LogP contribution in [0.3, 0.4) is 0 Å². The van der Waals surface area contributed by atoms with E-state index in [1.54, 1.807) is 24.0 Å². The Morgan fingerprint density at radius 2 is 1.90 bits per heavy atom. The number of hydrogen-bond donors (Lipinski definition) is 2. The Kier molecular flexibility index (Phi) is 2.89. The largest absolute Gasteiger partial charge is 0.486 e. The SMILES string of the molecule is CC1C(=O)NC(=O)CN1c1cc2c(cc1N)OCCO2. The van der Waals surface area contributed by atoms with Crippen molar-refractivity contribution in [1.29, 1.82) is 0 Å². The zero-order valence-corrected chi connectivity index (χ0v) is 11.0. The van der Waals surface area contributed by atoms with E-state index >= 15 is 0 Å². The van der Waals surface area contributed by atoms with Gasteiger partial charge >= 0.3 is 0 Å². The summed E-state index contributed by atoms with van der Waals surface area (Å²) in [5.74, 6) is 0.474. The van der Waals surface area contributed by atoms with Crippen molar-refractivity contribution in [3.05, 3.63) is 12.1 Å². The lowest BCUT2D eigenvalue weighted by Crippen LogP contribution is -2.57. The van der Waals surface area contributed by atoms with E-state index in [0.717, 1.165) is 0 Å². The second-order valence-corrected chi connectivity index (χ2v) is 4.77. The average Bonchev–Trinajstić information content (AvgIpc) is 2.42. The highest BCUT2D eigenvalue weighted by atomic mass is 16.6. The number of piperazine rings is 1. The van der Waals surface area contributed by atoms with Gasteiger partial charge in [0.05, 0.1) is 17.9 Å². The van der Waals surface area contributed by atoms with E-state index in [-0.39, 0.29) is 18.4 Å². The van der Waals surface area contributed by atoms with Crippen LogP contribution < -0.4 is 25.4 Å². The molecule has 2 aliphatic heterocycles. The summed E-state index contributed by atoms with van der Waals surface area (Å²) < 4.78 is 11.0. The van der Waals surface area contributed by atoms with Crippen molar-refractivity contribution in [2.45, 2.75) is 13.0 Å². The van der Waals surface area contributed by atoms with Crippen LogP contribution in [0.2, 0.25) is 0 Å². The summed E-state index contributed by atoms with van der Waals surface area (Å²) in [6.07, 6.45) is 0. The van der Waals surface area contributed by atoms with Crippen LogP contribution in [-0.4, -0.2) is 37.6 Å². The first-order valence-corrected chi connectivity index (χ1v) is 6.35. The van der Waals surface area contributed by atoms with Crippen LogP contribution in [0.4, 0.5) is 11.4 Å². The Morgan fingerprint density at radius 3 is 2.60 bits per heavy atom. The number of carbonyl (C=O) groups excluding carboxylic acids is 2. The van der Waals surface area contributed by atoms with E-state index in [1.165, 1.54) is 0 Å². The van der Waals surface area contributed by atoms with Crippen LogP contribution in [0.1, 0.15) is 6.92 Å². The number of nitrogens with one attached hydrogen (secondary N) is 1. The van der Waals surface area contributed by atoms with Crippen molar-refractivity contribution >= 4 is 23.2 Å². The number of nitrogen functional groups attached to an aromatic ring is 1. The van der Waals surface area contributed by atoms with Crippen LogP contribution in [0.25, 0.3) is 0 Å². The molecule has 1 atom stereocenters. The fourth-order valence-corrected chi connectivity index (χ4v) is 2.35. The highest BCUT2D eigenvalue weighted by Gasteiger charge is 2.32. The molecule has 106 valence electrons. The van der Waals surface area contributed by atoms with Gasteiger partial charge in [-0.15, -0.1) is 0 Å². The Morgan fingerprint density at radius 1 is 1.25 bits per heavy atom. The van der Waals surface area contributed by atoms with E-state index in [0.29, 0.717) is 36.1 Å². The van der Waals surface area contributed by atoms with E-state index in [9.17, 15) is 9.59 Å². The summed E-state index contributed by atoms with van der Waals surface area (Å²) in [5, 5.41) is 2.29. The summed E-state index contributed by atoms with van der Waals surface area (Å²) >= 11 is 0. The molecule has 1 fully saturated rings. The molecule has 0 saturated carbocycles. The predicted octanol–water partition coefficient (Wildman–Crippen LogP) is -0.109. The molecular weight excluding hydrogens is 262 g/mol. The molecule has 0 aliphatic carbocycles. The summed E-state index contributed by atoms with van der Waals surface area (Å²) in [5.41, 5.74) is 7.06. The molecule has 2 aliphatic rings. The number of imide groups is 1. The fourth-order valence-electron chi connectivity index (χ4n) is 2.35. The van der Waals surface area contributed by atoms with Gasteiger partial charge in [-0.05, 0) is 6.92 Å². The van der Waals surface area contributed by atoms with Gasteiger partial charge in [0.2, 0.25) is 11.8 Å². The van der Waals surface area contributed by atoms with Crippen LogP contribution in [0.5, 0.6) is 11.5 Å². The van der Waals surface area contributed by atoms with Crippen LogP contribution >= 0.6 is 0 Å². The summed E-state index contributed by atoms with van der Waals surface area (Å²) in [6.45, 7) is 2.74. The van der Waals surface area contributed by atoms with Crippen molar-refractivity contribution in [2.24, 2.45) is 0 Å². The zero-order valence-electron chi connectivity index (χ0n) is 11.0. The monoisotopic (exact) mass is 277 g/mol. The van der Waals surface area contributed by atoms with E-state index in [1.807, 2.05) is 0 Å². The lowest BCUT2D eigenvalue weighted by atomic mass is 10.1. The first-order chi connectivity index (χ1) is 9.56. The maximum atomic E-state index is 11.7. The lowest BCUT2D eigenvalue weighted by Gasteiger charge is -2.35. The fraction of sp³-hybridized carbons (Fsp3) is 0.385. The number of carbonyl (C=O) groups is 2. The second-order valence-electron chi connectivity index (χ2n) is 4.77. The van der Waals surface area contributed by atoms with Gasteiger partial charge in [0, 0.05) is 12.1 Å². The minimum Gasteiger partial charge on any atom is -0.486 e. The van der Waals surface area contributed by atoms with Gasteiger partial charge < -0.3 is 20.1 Å². The molecule has 7 heteroatoms. The molecular formula is C13H15N3O4. The molecule has 0 aromatic heterocycles. The van der Waals surface area contributed by atoms with E-state index in [4.69, 9.17) is 15.2 Å². The number of hydrogen-bond acceptors (Lipinski definition) is 6. The molecule has 1 unspecified atom stereocenters. The maximum absolute atomic E-state index is 11.7. The van der Waals surface area contributed by atoms with Gasteiger partial charge in [-0.1, -0.05) is 0 Å². The second kappa shape index (κ2) is 4.59. The highest BCUT2D eigenvalue weighted by Crippen LogP contribution is 2.39. The van der Waals surface area contributed by atoms with Gasteiger partial charge in [0.15, 0.2) is 11.5 Å². The minimum atomic E-state index is -0.474. The number of amides is 2. The number of nitrogens with two attached hydrogens (primary N) is 1. The molecule has 0 radical (unpaired) electrons. The first-order valence-electron chi connectivity index (χ1n) is 6.35. The Bertz CT molecular complexity index is 587. The van der Waals surface area contributed by atoms with Crippen LogP contribution in [0.15, 0.2) is 12.1 Å². The Labute approximate surface area is 115 Å². The Balaban J connectivity index is 2.00. The zero-order chi connectivity index (χ0) is 14.3. The molecule has 7 nitrogen and oxygen atoms in total. The number of anilines is 2. The van der Waals surface area contributed by atoms with Gasteiger partial charge in [-0.3, -0.25) is 14.9 Å². The molecule has 0 spiro atoms. The summed E-state index contributed by atoms with van der Waals surface area (Å²) in [6, 6.07) is 2.90. The Hall–Kier alpha value is -2.44. The lowest BCUT2D eigenvalue weighted by molar-refractivity contribution is -0.132. The molecule has 1 aromatic rings. The van der Waals surface area contributed by atoms with Crippen LogP contribution in [-0.2, 0) is 9.59 Å². The third kappa shape index (κ3) is 2.01. The van der Waals surface area contributed by atoms with Gasteiger partial charge in [0.25, 0.3) is 0 Å². The molecule has 2 amide bonds. The molecule has 3 N–H and O–H groups in total. The molecule has 0 bridgehead atoms. The van der Waals surface area contributed by atoms with Crippen LogP contribution in [0, 0.1) is 0 Å². The normalized spacial score (nSPS) is 21.6. The number of fused-ring (bicyclic) bond motifs is 1. The third-order valence-electron chi connectivity index (χ3n) is 3.42. The number of nitrogens with zero attached hydrogens (tertiary/aromatic N) is 1. The third-order valence-corrected chi connectivity index (χ3v) is 3.42. The average molecular weight is 277 g/mol.